The molecule has 0 aromatic heterocycles. The quantitative estimate of drug-likeness (QED) is 0.400. The first kappa shape index (κ1) is 12.2. The Labute approximate surface area is 84.9 Å². The molecule has 0 amide bonds. The van der Waals surface area contributed by atoms with Crippen LogP contribution in [-0.2, 0) is 0 Å². The molecule has 70 valence electrons. The molecule has 0 saturated heterocycles. The first-order valence-corrected chi connectivity index (χ1v) is 11.1. The molecule has 0 fully saturated rings. The van der Waals surface area contributed by atoms with Gasteiger partial charge >= 0.3 is 85.1 Å². The minimum atomic E-state index is -1.19. The maximum atomic E-state index is 2.69. The molecule has 0 atom stereocenters. The summed E-state index contributed by atoms with van der Waals surface area (Å²) in [5.41, 5.74) is 0. The summed E-state index contributed by atoms with van der Waals surface area (Å²) in [6.07, 6.45) is 7.12. The molecule has 0 aliphatic rings. The van der Waals surface area contributed by atoms with Gasteiger partial charge in [-0.25, -0.2) is 0 Å². The first-order valence-electron chi connectivity index (χ1n) is 4.53. The van der Waals surface area contributed by atoms with E-state index in [1.54, 1.807) is 0 Å². The van der Waals surface area contributed by atoms with Crippen LogP contribution in [0, 0.1) is 0 Å². The Morgan fingerprint density at radius 1 is 1.00 bits per heavy atom. The molecule has 0 aliphatic heterocycles. The van der Waals surface area contributed by atoms with E-state index in [2.05, 4.69) is 49.0 Å². The molecule has 0 aromatic rings. The van der Waals surface area contributed by atoms with E-state index in [1.807, 2.05) is 0 Å². The summed E-state index contributed by atoms with van der Waals surface area (Å²) >= 11 is 2.69. The number of hydrogen-bond acceptors (Lipinski definition) is 0. The normalized spacial score (nSPS) is 15.9. The second kappa shape index (κ2) is 4.41. The second-order valence-electron chi connectivity index (χ2n) is 4.70. The van der Waals surface area contributed by atoms with Gasteiger partial charge in [0.15, 0.2) is 0 Å². The average molecular weight is 288 g/mol. The predicted molar refractivity (Wildman–Crippen MR) is 67.7 cm³/mol. The third-order valence-corrected chi connectivity index (χ3v) is 5.04. The third kappa shape index (κ3) is 11.2. The van der Waals surface area contributed by atoms with Gasteiger partial charge in [0.2, 0.25) is 0 Å². The Bertz CT molecular complexity index is 103. The zero-order chi connectivity index (χ0) is 8.98. The van der Waals surface area contributed by atoms with Crippen LogP contribution in [0.3, 0.4) is 0 Å². The molecular formula is C9H22IP. The molecule has 0 aliphatic carbocycles. The van der Waals surface area contributed by atoms with E-state index >= 15 is 0 Å². The van der Waals surface area contributed by atoms with Gasteiger partial charge in [0, 0.05) is 0 Å². The van der Waals surface area contributed by atoms with Gasteiger partial charge in [-0.1, -0.05) is 0 Å². The Kier molecular flexibility index (Phi) is 4.88. The van der Waals surface area contributed by atoms with E-state index < -0.39 is 4.25 Å². The van der Waals surface area contributed by atoms with Gasteiger partial charge in [0.25, 0.3) is 0 Å². The van der Waals surface area contributed by atoms with E-state index in [4.69, 9.17) is 0 Å². The van der Waals surface area contributed by atoms with E-state index in [0.29, 0.717) is 0 Å². The van der Waals surface area contributed by atoms with Crippen LogP contribution in [-0.4, -0.2) is 26.2 Å². The Balaban J connectivity index is 3.40. The fraction of sp³-hybridized carbons (Fsp3) is 1.00. The van der Waals surface area contributed by atoms with Crippen LogP contribution in [0.1, 0.15) is 32.6 Å². The SMILES string of the molecule is CCCCCCP(C)(C)(C)I. The summed E-state index contributed by atoms with van der Waals surface area (Å²) in [6, 6.07) is 0. The minimum absolute atomic E-state index is 1.19. The Morgan fingerprint density at radius 2 is 1.55 bits per heavy atom. The van der Waals surface area contributed by atoms with E-state index in [0.717, 1.165) is 0 Å². The monoisotopic (exact) mass is 288 g/mol. The molecule has 11 heavy (non-hydrogen) atoms. The van der Waals surface area contributed by atoms with Gasteiger partial charge in [0.05, 0.1) is 0 Å². The number of hydrogen-bond donors (Lipinski definition) is 0. The summed E-state index contributed by atoms with van der Waals surface area (Å²) in [4.78, 5) is 0. The summed E-state index contributed by atoms with van der Waals surface area (Å²) < 4.78 is -1.19. The summed E-state index contributed by atoms with van der Waals surface area (Å²) in [5, 5.41) is 0. The maximum absolute atomic E-state index is 2.69. The van der Waals surface area contributed by atoms with Crippen LogP contribution in [0.25, 0.3) is 0 Å². The molecule has 2 heteroatoms. The van der Waals surface area contributed by atoms with Crippen molar-refractivity contribution in [2.24, 2.45) is 0 Å². The van der Waals surface area contributed by atoms with Crippen LogP contribution in [0.15, 0.2) is 0 Å². The van der Waals surface area contributed by atoms with Gasteiger partial charge in [-0.05, 0) is 0 Å². The Morgan fingerprint density at radius 3 is 1.91 bits per heavy atom. The van der Waals surface area contributed by atoms with Gasteiger partial charge in [-0.3, -0.25) is 0 Å². The van der Waals surface area contributed by atoms with Crippen molar-refractivity contribution in [2.75, 3.05) is 26.2 Å². The zero-order valence-corrected chi connectivity index (χ0v) is 11.4. The summed E-state index contributed by atoms with van der Waals surface area (Å²) in [7, 11) is 0. The predicted octanol–water partition coefficient (Wildman–Crippen LogP) is 4.36. The number of halogens is 1. The third-order valence-electron chi connectivity index (χ3n) is 1.77. The molecule has 0 unspecified atom stereocenters. The molecule has 0 aromatic carbocycles. The van der Waals surface area contributed by atoms with Gasteiger partial charge in [-0.15, -0.1) is 0 Å². The second-order valence-corrected chi connectivity index (χ2v) is 21.7. The summed E-state index contributed by atoms with van der Waals surface area (Å²) in [5.74, 6) is 0. The molecule has 0 heterocycles. The molecule has 0 nitrogen and oxygen atoms in total. The van der Waals surface area contributed by atoms with Crippen LogP contribution in [0.4, 0.5) is 0 Å². The van der Waals surface area contributed by atoms with Crippen molar-refractivity contribution in [3.8, 4) is 0 Å². The molecule has 0 rings (SSSR count). The van der Waals surface area contributed by atoms with Gasteiger partial charge < -0.3 is 0 Å². The fourth-order valence-electron chi connectivity index (χ4n) is 1.07. The van der Waals surface area contributed by atoms with Crippen molar-refractivity contribution in [3.63, 3.8) is 0 Å². The van der Waals surface area contributed by atoms with Crippen LogP contribution < -0.4 is 0 Å². The standard InChI is InChI=1S/C9H22IP/c1-5-6-7-8-9-11(2,3,4)10/h5-9H2,1-4H3. The number of rotatable bonds is 5. The van der Waals surface area contributed by atoms with Crippen molar-refractivity contribution >= 4 is 26.3 Å². The molecule has 0 N–H and O–H groups in total. The van der Waals surface area contributed by atoms with Crippen molar-refractivity contribution in [1.82, 2.24) is 0 Å². The molecule has 0 bridgehead atoms. The van der Waals surface area contributed by atoms with Crippen LogP contribution >= 0.6 is 26.3 Å². The summed E-state index contributed by atoms with van der Waals surface area (Å²) in [6.45, 7) is 9.64. The molecule has 0 radical (unpaired) electrons. The molecular weight excluding hydrogens is 266 g/mol. The first-order chi connectivity index (χ1) is 4.81. The zero-order valence-electron chi connectivity index (χ0n) is 8.36. The average Bonchev–Trinajstić information content (AvgIpc) is 1.76. The van der Waals surface area contributed by atoms with Crippen molar-refractivity contribution in [1.29, 1.82) is 0 Å². The molecule has 0 saturated carbocycles. The van der Waals surface area contributed by atoms with E-state index in [1.165, 1.54) is 31.8 Å². The van der Waals surface area contributed by atoms with Crippen molar-refractivity contribution < 1.29 is 0 Å². The van der Waals surface area contributed by atoms with Crippen molar-refractivity contribution in [2.45, 2.75) is 32.6 Å². The number of unbranched alkanes of at least 4 members (excludes halogenated alkanes) is 3. The topological polar surface area (TPSA) is 0 Å². The fourth-order valence-corrected chi connectivity index (χ4v) is 3.39. The van der Waals surface area contributed by atoms with Crippen LogP contribution in [0.2, 0.25) is 0 Å². The van der Waals surface area contributed by atoms with E-state index in [9.17, 15) is 0 Å². The van der Waals surface area contributed by atoms with Gasteiger partial charge in [0.1, 0.15) is 0 Å². The van der Waals surface area contributed by atoms with Crippen molar-refractivity contribution in [3.05, 3.63) is 0 Å². The van der Waals surface area contributed by atoms with E-state index in [-0.39, 0.29) is 0 Å². The van der Waals surface area contributed by atoms with Crippen LogP contribution in [0.5, 0.6) is 0 Å². The molecule has 0 spiro atoms. The Hall–Kier alpha value is 1.16. The van der Waals surface area contributed by atoms with Gasteiger partial charge in [-0.2, -0.15) is 0 Å².